The number of nitrogens with zero attached hydrogens (tertiary/aromatic N) is 1. The van der Waals surface area contributed by atoms with Crippen LogP contribution in [0.4, 0.5) is 5.69 Å². The number of rotatable bonds is 3. The van der Waals surface area contributed by atoms with Gasteiger partial charge in [-0.2, -0.15) is 0 Å². The fourth-order valence-corrected chi connectivity index (χ4v) is 1.93. The number of likely N-dealkylation sites (tertiary alicyclic amines) is 1. The number of phenolic OH excluding ortho intramolecular Hbond substituents is 1. The Labute approximate surface area is 105 Å². The Morgan fingerprint density at radius 3 is 2.89 bits per heavy atom. The number of carbonyl (C=O) groups excluding carboxylic acids is 2. The molecule has 0 aromatic heterocycles. The van der Waals surface area contributed by atoms with E-state index in [0.29, 0.717) is 18.7 Å². The van der Waals surface area contributed by atoms with Crippen molar-refractivity contribution >= 4 is 17.5 Å². The Balaban J connectivity index is 1.94. The summed E-state index contributed by atoms with van der Waals surface area (Å²) in [5, 5.41) is 12.2. The van der Waals surface area contributed by atoms with Crippen LogP contribution in [-0.4, -0.2) is 34.9 Å². The molecule has 96 valence electrons. The molecular formula is C13H16N2O3. The second-order valence-corrected chi connectivity index (χ2v) is 4.47. The summed E-state index contributed by atoms with van der Waals surface area (Å²) in [6.45, 7) is 2.50. The van der Waals surface area contributed by atoms with Crippen molar-refractivity contribution in [1.82, 2.24) is 4.90 Å². The molecule has 0 radical (unpaired) electrons. The fourth-order valence-electron chi connectivity index (χ4n) is 1.93. The molecule has 2 N–H and O–H groups in total. The van der Waals surface area contributed by atoms with Crippen LogP contribution in [0.5, 0.6) is 5.75 Å². The monoisotopic (exact) mass is 248 g/mol. The third kappa shape index (κ3) is 2.80. The van der Waals surface area contributed by atoms with E-state index in [1.165, 1.54) is 6.07 Å². The van der Waals surface area contributed by atoms with E-state index in [4.69, 9.17) is 0 Å². The lowest BCUT2D eigenvalue weighted by atomic mass is 10.2. The van der Waals surface area contributed by atoms with E-state index < -0.39 is 0 Å². The summed E-state index contributed by atoms with van der Waals surface area (Å²) < 4.78 is 0. The average Bonchev–Trinajstić information content (AvgIpc) is 2.70. The highest BCUT2D eigenvalue weighted by Gasteiger charge is 2.22. The lowest BCUT2D eigenvalue weighted by molar-refractivity contribution is -0.131. The second-order valence-electron chi connectivity index (χ2n) is 4.47. The first-order valence-corrected chi connectivity index (χ1v) is 5.93. The van der Waals surface area contributed by atoms with Crippen molar-refractivity contribution in [2.24, 2.45) is 0 Å². The van der Waals surface area contributed by atoms with Gasteiger partial charge < -0.3 is 15.3 Å². The summed E-state index contributed by atoms with van der Waals surface area (Å²) in [6, 6.07) is 4.95. The minimum absolute atomic E-state index is 0.0249. The van der Waals surface area contributed by atoms with Gasteiger partial charge in [0.15, 0.2) is 0 Å². The van der Waals surface area contributed by atoms with Crippen LogP contribution in [0, 0.1) is 6.92 Å². The van der Waals surface area contributed by atoms with Gasteiger partial charge in [-0.25, -0.2) is 0 Å². The van der Waals surface area contributed by atoms with Gasteiger partial charge in [0.2, 0.25) is 11.8 Å². The maximum atomic E-state index is 11.7. The Morgan fingerprint density at radius 2 is 2.28 bits per heavy atom. The lowest BCUT2D eigenvalue weighted by Crippen LogP contribution is -2.33. The quantitative estimate of drug-likeness (QED) is 0.846. The first kappa shape index (κ1) is 12.4. The number of nitrogens with one attached hydrogen (secondary N) is 1. The molecule has 2 rings (SSSR count). The Kier molecular flexibility index (Phi) is 3.50. The van der Waals surface area contributed by atoms with Crippen LogP contribution in [0.2, 0.25) is 0 Å². The molecule has 1 fully saturated rings. The van der Waals surface area contributed by atoms with E-state index in [1.54, 1.807) is 24.0 Å². The van der Waals surface area contributed by atoms with Crippen molar-refractivity contribution in [2.45, 2.75) is 19.8 Å². The number of hydrogen-bond donors (Lipinski definition) is 2. The highest BCUT2D eigenvalue weighted by molar-refractivity contribution is 5.95. The van der Waals surface area contributed by atoms with E-state index in [0.717, 1.165) is 12.0 Å². The minimum atomic E-state index is -0.242. The van der Waals surface area contributed by atoms with E-state index in [9.17, 15) is 14.7 Å². The zero-order chi connectivity index (χ0) is 13.1. The molecule has 5 nitrogen and oxygen atoms in total. The molecule has 1 aromatic carbocycles. The maximum absolute atomic E-state index is 11.7. The van der Waals surface area contributed by atoms with Gasteiger partial charge in [-0.05, 0) is 25.0 Å². The Bertz CT molecular complexity index is 485. The van der Waals surface area contributed by atoms with Crippen molar-refractivity contribution in [2.75, 3.05) is 18.4 Å². The largest absolute Gasteiger partial charge is 0.508 e. The number of aromatic hydroxyl groups is 1. The van der Waals surface area contributed by atoms with Gasteiger partial charge in [0.05, 0.1) is 6.54 Å². The van der Waals surface area contributed by atoms with Crippen molar-refractivity contribution < 1.29 is 14.7 Å². The van der Waals surface area contributed by atoms with Gasteiger partial charge in [0.1, 0.15) is 5.75 Å². The predicted octanol–water partition coefficient (Wildman–Crippen LogP) is 1.26. The lowest BCUT2D eigenvalue weighted by Gasteiger charge is -2.15. The molecule has 1 aliphatic rings. The Morgan fingerprint density at radius 1 is 1.50 bits per heavy atom. The molecule has 1 saturated heterocycles. The van der Waals surface area contributed by atoms with Gasteiger partial charge in [-0.3, -0.25) is 9.59 Å². The van der Waals surface area contributed by atoms with Crippen molar-refractivity contribution in [3.8, 4) is 5.75 Å². The first-order valence-electron chi connectivity index (χ1n) is 5.93. The topological polar surface area (TPSA) is 69.6 Å². The summed E-state index contributed by atoms with van der Waals surface area (Å²) >= 11 is 0. The van der Waals surface area contributed by atoms with Gasteiger partial charge in [0.25, 0.3) is 0 Å². The summed E-state index contributed by atoms with van der Waals surface area (Å²) in [5.74, 6) is -0.0737. The van der Waals surface area contributed by atoms with E-state index >= 15 is 0 Å². The van der Waals surface area contributed by atoms with Crippen LogP contribution in [0.1, 0.15) is 18.4 Å². The molecule has 0 unspecified atom stereocenters. The second kappa shape index (κ2) is 5.08. The van der Waals surface area contributed by atoms with Crippen LogP contribution in [-0.2, 0) is 9.59 Å². The highest BCUT2D eigenvalue weighted by Crippen LogP contribution is 2.20. The SMILES string of the molecule is Cc1ccc(NC(=O)CN2CCCC2=O)cc1O. The van der Waals surface area contributed by atoms with Gasteiger partial charge in [-0.1, -0.05) is 6.07 Å². The molecule has 18 heavy (non-hydrogen) atoms. The number of carbonyl (C=O) groups is 2. The zero-order valence-corrected chi connectivity index (χ0v) is 10.3. The van der Waals surface area contributed by atoms with Crippen LogP contribution in [0.25, 0.3) is 0 Å². The number of aryl methyl sites for hydroxylation is 1. The number of benzene rings is 1. The molecule has 1 aromatic rings. The third-order valence-electron chi connectivity index (χ3n) is 3.00. The highest BCUT2D eigenvalue weighted by atomic mass is 16.3. The molecule has 0 aliphatic carbocycles. The summed E-state index contributed by atoms with van der Waals surface area (Å²) in [6.07, 6.45) is 1.34. The molecule has 0 atom stereocenters. The Hall–Kier alpha value is -2.04. The standard InChI is InChI=1S/C13H16N2O3/c1-9-4-5-10(7-11(9)16)14-12(17)8-15-6-2-3-13(15)18/h4-5,7,16H,2-3,6,8H2,1H3,(H,14,17). The van der Waals surface area contributed by atoms with Gasteiger partial charge in [-0.15, -0.1) is 0 Å². The van der Waals surface area contributed by atoms with Gasteiger partial charge >= 0.3 is 0 Å². The summed E-state index contributed by atoms with van der Waals surface area (Å²) in [4.78, 5) is 24.6. The zero-order valence-electron chi connectivity index (χ0n) is 10.3. The molecule has 0 spiro atoms. The van der Waals surface area contributed by atoms with Crippen LogP contribution >= 0.6 is 0 Å². The average molecular weight is 248 g/mol. The maximum Gasteiger partial charge on any atom is 0.243 e. The summed E-state index contributed by atoms with van der Waals surface area (Å²) in [5.41, 5.74) is 1.29. The number of amides is 2. The normalized spacial score (nSPS) is 14.9. The molecule has 0 saturated carbocycles. The van der Waals surface area contributed by atoms with E-state index in [1.807, 2.05) is 0 Å². The molecule has 0 bridgehead atoms. The molecule has 5 heteroatoms. The molecule has 1 aliphatic heterocycles. The van der Waals surface area contributed by atoms with Crippen LogP contribution in [0.15, 0.2) is 18.2 Å². The fraction of sp³-hybridized carbons (Fsp3) is 0.385. The van der Waals surface area contributed by atoms with Crippen LogP contribution in [0.3, 0.4) is 0 Å². The number of phenols is 1. The van der Waals surface area contributed by atoms with E-state index in [-0.39, 0.29) is 24.1 Å². The van der Waals surface area contributed by atoms with Crippen molar-refractivity contribution in [1.29, 1.82) is 0 Å². The third-order valence-corrected chi connectivity index (χ3v) is 3.00. The van der Waals surface area contributed by atoms with E-state index in [2.05, 4.69) is 5.32 Å². The first-order chi connectivity index (χ1) is 8.56. The van der Waals surface area contributed by atoms with Crippen molar-refractivity contribution in [3.05, 3.63) is 23.8 Å². The molecule has 2 amide bonds. The predicted molar refractivity (Wildman–Crippen MR) is 67.3 cm³/mol. The minimum Gasteiger partial charge on any atom is -0.508 e. The van der Waals surface area contributed by atoms with Crippen molar-refractivity contribution in [3.63, 3.8) is 0 Å². The summed E-state index contributed by atoms with van der Waals surface area (Å²) in [7, 11) is 0. The smallest absolute Gasteiger partial charge is 0.243 e. The van der Waals surface area contributed by atoms with Gasteiger partial charge in [0, 0.05) is 24.7 Å². The molecular weight excluding hydrogens is 232 g/mol. The van der Waals surface area contributed by atoms with Crippen LogP contribution < -0.4 is 5.32 Å². The molecule has 1 heterocycles. The number of anilines is 1. The number of hydrogen-bond acceptors (Lipinski definition) is 3.